The predicted molar refractivity (Wildman–Crippen MR) is 72.9 cm³/mol. The van der Waals surface area contributed by atoms with Crippen LogP contribution in [0.3, 0.4) is 0 Å². The lowest BCUT2D eigenvalue weighted by atomic mass is 10.2. The molecule has 0 bridgehead atoms. The molecule has 6 nitrogen and oxygen atoms in total. The third-order valence-electron chi connectivity index (χ3n) is 2.42. The third kappa shape index (κ3) is 4.09. The first kappa shape index (κ1) is 13.1. The number of nitrogens with zero attached hydrogens (tertiary/aromatic N) is 3. The molecule has 0 saturated heterocycles. The molecule has 0 aliphatic heterocycles. The van der Waals surface area contributed by atoms with Gasteiger partial charge in [-0.3, -0.25) is 0 Å². The molecule has 0 saturated carbocycles. The lowest BCUT2D eigenvalue weighted by molar-refractivity contribution is 0.250. The summed E-state index contributed by atoms with van der Waals surface area (Å²) in [5, 5.41) is 9.62. The van der Waals surface area contributed by atoms with Crippen molar-refractivity contribution in [1.82, 2.24) is 20.1 Å². The summed E-state index contributed by atoms with van der Waals surface area (Å²) in [4.78, 5) is 15.5. The Hall–Kier alpha value is -2.37. The number of hydrogen-bond acceptors (Lipinski definition) is 3. The van der Waals surface area contributed by atoms with Gasteiger partial charge in [-0.2, -0.15) is 5.10 Å². The molecular formula is C13H17N5O. The molecule has 0 unspecified atom stereocenters. The van der Waals surface area contributed by atoms with Crippen LogP contribution in [0, 0.1) is 0 Å². The molecule has 6 heteroatoms. The fourth-order valence-corrected chi connectivity index (χ4v) is 1.68. The normalized spacial score (nSPS) is 10.5. The van der Waals surface area contributed by atoms with E-state index in [0.29, 0.717) is 6.54 Å². The Morgan fingerprint density at radius 3 is 2.95 bits per heavy atom. The van der Waals surface area contributed by atoms with Crippen LogP contribution in [0.4, 0.5) is 10.5 Å². The molecule has 1 aromatic heterocycles. The molecule has 0 aliphatic rings. The van der Waals surface area contributed by atoms with Gasteiger partial charge in [0.2, 0.25) is 0 Å². The van der Waals surface area contributed by atoms with Crippen LogP contribution < -0.4 is 10.6 Å². The number of aromatic nitrogens is 3. The van der Waals surface area contributed by atoms with Gasteiger partial charge in [0.05, 0.1) is 6.54 Å². The monoisotopic (exact) mass is 259 g/mol. The summed E-state index contributed by atoms with van der Waals surface area (Å²) in [6.07, 6.45) is 3.16. The fraction of sp³-hybridized carbons (Fsp3) is 0.308. The number of urea groups is 1. The first-order valence-electron chi connectivity index (χ1n) is 6.12. The Kier molecular flexibility index (Phi) is 4.12. The number of hydrogen-bond donors (Lipinski definition) is 2. The van der Waals surface area contributed by atoms with Gasteiger partial charge in [-0.05, 0) is 31.5 Å². The van der Waals surface area contributed by atoms with Gasteiger partial charge in [-0.15, -0.1) is 0 Å². The van der Waals surface area contributed by atoms with Crippen molar-refractivity contribution in [3.05, 3.63) is 42.5 Å². The summed E-state index contributed by atoms with van der Waals surface area (Å²) in [5.41, 5.74) is 1.81. The molecule has 2 aromatic rings. The van der Waals surface area contributed by atoms with Crippen LogP contribution in [0.5, 0.6) is 0 Å². The number of nitrogens with one attached hydrogen (secondary N) is 2. The van der Waals surface area contributed by atoms with Crippen LogP contribution in [-0.4, -0.2) is 26.8 Å². The largest absolute Gasteiger partial charge is 0.336 e. The SMILES string of the molecule is CC(C)NC(=O)Nc1cccc(Cn2cncn2)c1. The molecule has 0 radical (unpaired) electrons. The van der Waals surface area contributed by atoms with Crippen molar-refractivity contribution >= 4 is 11.7 Å². The highest BCUT2D eigenvalue weighted by atomic mass is 16.2. The third-order valence-corrected chi connectivity index (χ3v) is 2.42. The molecule has 0 aliphatic carbocycles. The van der Waals surface area contributed by atoms with Crippen molar-refractivity contribution in [3.63, 3.8) is 0 Å². The Bertz CT molecular complexity index is 536. The van der Waals surface area contributed by atoms with Crippen molar-refractivity contribution in [2.75, 3.05) is 5.32 Å². The van der Waals surface area contributed by atoms with Crippen LogP contribution in [0.25, 0.3) is 0 Å². The Balaban J connectivity index is 2.01. The molecule has 19 heavy (non-hydrogen) atoms. The Morgan fingerprint density at radius 1 is 1.42 bits per heavy atom. The highest BCUT2D eigenvalue weighted by molar-refractivity contribution is 5.89. The van der Waals surface area contributed by atoms with Crippen LogP contribution >= 0.6 is 0 Å². The standard InChI is InChI=1S/C13H17N5O/c1-10(2)16-13(19)17-12-5-3-4-11(6-12)7-18-9-14-8-15-18/h3-6,8-10H,7H2,1-2H3,(H2,16,17,19). The van der Waals surface area contributed by atoms with Gasteiger partial charge in [0.15, 0.2) is 0 Å². The van der Waals surface area contributed by atoms with Crippen LogP contribution in [-0.2, 0) is 6.54 Å². The van der Waals surface area contributed by atoms with Crippen LogP contribution in [0.15, 0.2) is 36.9 Å². The van der Waals surface area contributed by atoms with Crippen molar-refractivity contribution in [2.45, 2.75) is 26.4 Å². The quantitative estimate of drug-likeness (QED) is 0.880. The second-order valence-electron chi connectivity index (χ2n) is 4.55. The molecule has 1 heterocycles. The molecule has 0 fully saturated rings. The molecule has 0 spiro atoms. The number of benzene rings is 1. The van der Waals surface area contributed by atoms with E-state index >= 15 is 0 Å². The Labute approximate surface area is 111 Å². The summed E-state index contributed by atoms with van der Waals surface area (Å²) >= 11 is 0. The first-order valence-corrected chi connectivity index (χ1v) is 6.12. The summed E-state index contributed by atoms with van der Waals surface area (Å²) < 4.78 is 1.73. The van der Waals surface area contributed by atoms with Gasteiger partial charge < -0.3 is 10.6 Å². The van der Waals surface area contributed by atoms with Gasteiger partial charge >= 0.3 is 6.03 Å². The van der Waals surface area contributed by atoms with Crippen molar-refractivity contribution in [3.8, 4) is 0 Å². The molecule has 2 amide bonds. The van der Waals surface area contributed by atoms with Crippen molar-refractivity contribution in [2.24, 2.45) is 0 Å². The van der Waals surface area contributed by atoms with E-state index in [-0.39, 0.29) is 12.1 Å². The number of carbonyl (C=O) groups excluding carboxylic acids is 1. The van der Waals surface area contributed by atoms with E-state index in [1.807, 2.05) is 38.1 Å². The van der Waals surface area contributed by atoms with E-state index in [1.54, 1.807) is 11.0 Å². The maximum atomic E-state index is 11.6. The maximum absolute atomic E-state index is 11.6. The van der Waals surface area contributed by atoms with Crippen molar-refractivity contribution < 1.29 is 4.79 Å². The summed E-state index contributed by atoms with van der Waals surface area (Å²) in [7, 11) is 0. The Morgan fingerprint density at radius 2 is 2.26 bits per heavy atom. The lowest BCUT2D eigenvalue weighted by Gasteiger charge is -2.11. The van der Waals surface area contributed by atoms with Crippen LogP contribution in [0.1, 0.15) is 19.4 Å². The zero-order chi connectivity index (χ0) is 13.7. The van der Waals surface area contributed by atoms with Gasteiger partial charge in [0.1, 0.15) is 12.7 Å². The topological polar surface area (TPSA) is 71.8 Å². The minimum Gasteiger partial charge on any atom is -0.336 e. The lowest BCUT2D eigenvalue weighted by Crippen LogP contribution is -2.34. The molecule has 100 valence electrons. The number of rotatable bonds is 4. The number of amides is 2. The van der Waals surface area contributed by atoms with E-state index in [9.17, 15) is 4.79 Å². The minimum atomic E-state index is -0.201. The number of anilines is 1. The van der Waals surface area contributed by atoms with Gasteiger partial charge in [-0.1, -0.05) is 12.1 Å². The second-order valence-corrected chi connectivity index (χ2v) is 4.55. The second kappa shape index (κ2) is 5.99. The maximum Gasteiger partial charge on any atom is 0.319 e. The van der Waals surface area contributed by atoms with E-state index in [2.05, 4.69) is 20.7 Å². The van der Waals surface area contributed by atoms with Gasteiger partial charge in [0.25, 0.3) is 0 Å². The zero-order valence-corrected chi connectivity index (χ0v) is 11.0. The van der Waals surface area contributed by atoms with Crippen LogP contribution in [0.2, 0.25) is 0 Å². The molecule has 2 rings (SSSR count). The predicted octanol–water partition coefficient (Wildman–Crippen LogP) is 1.86. The average molecular weight is 259 g/mol. The van der Waals surface area contributed by atoms with E-state index in [1.165, 1.54) is 6.33 Å². The molecule has 0 atom stereocenters. The summed E-state index contributed by atoms with van der Waals surface area (Å²) in [6.45, 7) is 4.46. The highest BCUT2D eigenvalue weighted by Gasteiger charge is 2.04. The smallest absolute Gasteiger partial charge is 0.319 e. The van der Waals surface area contributed by atoms with Gasteiger partial charge in [-0.25, -0.2) is 14.5 Å². The molecule has 1 aromatic carbocycles. The number of carbonyl (C=O) groups is 1. The molecule has 2 N–H and O–H groups in total. The average Bonchev–Trinajstić information content (AvgIpc) is 2.81. The van der Waals surface area contributed by atoms with E-state index in [0.717, 1.165) is 11.3 Å². The van der Waals surface area contributed by atoms with Crippen molar-refractivity contribution in [1.29, 1.82) is 0 Å². The summed E-state index contributed by atoms with van der Waals surface area (Å²) in [6, 6.07) is 7.56. The van der Waals surface area contributed by atoms with E-state index in [4.69, 9.17) is 0 Å². The molecular weight excluding hydrogens is 242 g/mol. The minimum absolute atomic E-state index is 0.110. The summed E-state index contributed by atoms with van der Waals surface area (Å²) in [5.74, 6) is 0. The first-order chi connectivity index (χ1) is 9.13. The zero-order valence-electron chi connectivity index (χ0n) is 11.0. The fourth-order valence-electron chi connectivity index (χ4n) is 1.68. The van der Waals surface area contributed by atoms with E-state index < -0.39 is 0 Å². The highest BCUT2D eigenvalue weighted by Crippen LogP contribution is 2.11. The van der Waals surface area contributed by atoms with Gasteiger partial charge in [0, 0.05) is 11.7 Å².